The summed E-state index contributed by atoms with van der Waals surface area (Å²) in [7, 11) is 4.05. The third-order valence-corrected chi connectivity index (χ3v) is 3.72. The smallest absolute Gasteiger partial charge is 0.228 e. The van der Waals surface area contributed by atoms with E-state index in [0.717, 1.165) is 28.9 Å². The summed E-state index contributed by atoms with van der Waals surface area (Å²) < 4.78 is 1.00. The number of benzene rings is 1. The van der Waals surface area contributed by atoms with Crippen molar-refractivity contribution in [2.75, 3.05) is 37.8 Å². The van der Waals surface area contributed by atoms with Crippen LogP contribution in [0.15, 0.2) is 47.1 Å². The quantitative estimate of drug-likeness (QED) is 0.779. The van der Waals surface area contributed by atoms with Crippen LogP contribution in [0.4, 0.5) is 11.5 Å². The van der Waals surface area contributed by atoms with Gasteiger partial charge in [0.05, 0.1) is 18.3 Å². The molecule has 0 aliphatic carbocycles. The second-order valence-corrected chi connectivity index (χ2v) is 6.43. The summed E-state index contributed by atoms with van der Waals surface area (Å²) in [4.78, 5) is 18.4. The van der Waals surface area contributed by atoms with E-state index >= 15 is 0 Å². The predicted octanol–water partition coefficient (Wildman–Crippen LogP) is 3.00. The van der Waals surface area contributed by atoms with Crippen LogP contribution in [0.1, 0.15) is 5.56 Å². The molecule has 0 spiro atoms. The Labute approximate surface area is 145 Å². The number of hydrogen-bond acceptors (Lipinski definition) is 4. The molecule has 1 aromatic carbocycles. The van der Waals surface area contributed by atoms with Crippen LogP contribution in [0.5, 0.6) is 0 Å². The Kier molecular flexibility index (Phi) is 6.55. The van der Waals surface area contributed by atoms with Crippen molar-refractivity contribution in [3.05, 3.63) is 52.6 Å². The monoisotopic (exact) mass is 376 g/mol. The van der Waals surface area contributed by atoms with E-state index in [-0.39, 0.29) is 5.91 Å². The van der Waals surface area contributed by atoms with Crippen molar-refractivity contribution in [1.29, 1.82) is 0 Å². The van der Waals surface area contributed by atoms with Crippen molar-refractivity contribution < 1.29 is 4.79 Å². The molecule has 2 aromatic rings. The molecule has 6 heteroatoms. The van der Waals surface area contributed by atoms with Crippen molar-refractivity contribution in [2.24, 2.45) is 0 Å². The molecule has 1 aromatic heterocycles. The fraction of sp³-hybridized carbons (Fsp3) is 0.294. The van der Waals surface area contributed by atoms with Gasteiger partial charge in [-0.2, -0.15) is 0 Å². The summed E-state index contributed by atoms with van der Waals surface area (Å²) in [5.41, 5.74) is 1.67. The summed E-state index contributed by atoms with van der Waals surface area (Å²) in [6.07, 6.45) is 2.01. The van der Waals surface area contributed by atoms with Crippen LogP contribution in [0, 0.1) is 0 Å². The first-order valence-electron chi connectivity index (χ1n) is 7.42. The Morgan fingerprint density at radius 2 is 1.91 bits per heavy atom. The van der Waals surface area contributed by atoms with Gasteiger partial charge in [0.2, 0.25) is 5.91 Å². The summed E-state index contributed by atoms with van der Waals surface area (Å²) in [5.74, 6) is 0.750. The maximum Gasteiger partial charge on any atom is 0.228 e. The molecule has 0 aliphatic rings. The minimum Gasteiger partial charge on any atom is -0.369 e. The Bertz CT molecular complexity index is 626. The zero-order valence-corrected chi connectivity index (χ0v) is 14.9. The highest BCUT2D eigenvalue weighted by atomic mass is 79.9. The number of halogens is 1. The Hall–Kier alpha value is -1.92. The number of carbonyl (C=O) groups excluding carboxylic acids is 1. The number of hydrogen-bond donors (Lipinski definition) is 2. The van der Waals surface area contributed by atoms with Crippen molar-refractivity contribution in [1.82, 2.24) is 9.88 Å². The molecular formula is C17H21BrN4O. The van der Waals surface area contributed by atoms with Crippen molar-refractivity contribution in [2.45, 2.75) is 6.42 Å². The number of aromatic nitrogens is 1. The number of likely N-dealkylation sites (N-methyl/N-ethyl adjacent to an activating group) is 1. The van der Waals surface area contributed by atoms with E-state index in [1.54, 1.807) is 6.20 Å². The maximum absolute atomic E-state index is 12.0. The molecule has 1 heterocycles. The summed E-state index contributed by atoms with van der Waals surface area (Å²) in [6, 6.07) is 11.4. The van der Waals surface area contributed by atoms with Crippen LogP contribution < -0.4 is 10.6 Å². The third-order valence-electron chi connectivity index (χ3n) is 3.19. The van der Waals surface area contributed by atoms with E-state index < -0.39 is 0 Å². The lowest BCUT2D eigenvalue weighted by molar-refractivity contribution is -0.115. The lowest BCUT2D eigenvalue weighted by Crippen LogP contribution is -2.21. The number of carbonyl (C=O) groups is 1. The molecular weight excluding hydrogens is 356 g/mol. The molecule has 2 N–H and O–H groups in total. The van der Waals surface area contributed by atoms with Gasteiger partial charge in [-0.15, -0.1) is 0 Å². The molecule has 0 fully saturated rings. The van der Waals surface area contributed by atoms with E-state index in [4.69, 9.17) is 0 Å². The Morgan fingerprint density at radius 1 is 1.17 bits per heavy atom. The maximum atomic E-state index is 12.0. The van der Waals surface area contributed by atoms with Gasteiger partial charge in [0.25, 0.3) is 0 Å². The number of amides is 1. The number of anilines is 2. The van der Waals surface area contributed by atoms with Gasteiger partial charge in [0.15, 0.2) is 0 Å². The fourth-order valence-electron chi connectivity index (χ4n) is 1.97. The predicted molar refractivity (Wildman–Crippen MR) is 97.8 cm³/mol. The molecule has 0 radical (unpaired) electrons. The topological polar surface area (TPSA) is 57.3 Å². The summed E-state index contributed by atoms with van der Waals surface area (Å²) >= 11 is 3.38. The molecule has 0 saturated heterocycles. The standard InChI is InChI=1S/C17H21BrN4O/c1-22(2)10-9-19-16-8-7-15(12-20-16)21-17(23)11-13-3-5-14(18)6-4-13/h3-8,12H,9-11H2,1-2H3,(H,19,20)(H,21,23). The minimum absolute atomic E-state index is 0.0533. The van der Waals surface area contributed by atoms with Gasteiger partial charge in [-0.1, -0.05) is 28.1 Å². The van der Waals surface area contributed by atoms with Gasteiger partial charge in [-0.05, 0) is 43.9 Å². The molecule has 0 atom stereocenters. The molecule has 0 saturated carbocycles. The Balaban J connectivity index is 1.82. The zero-order valence-electron chi connectivity index (χ0n) is 13.3. The number of nitrogens with zero attached hydrogens (tertiary/aromatic N) is 2. The molecule has 2 rings (SSSR count). The number of nitrogens with one attached hydrogen (secondary N) is 2. The second-order valence-electron chi connectivity index (χ2n) is 5.51. The van der Waals surface area contributed by atoms with E-state index in [9.17, 15) is 4.79 Å². The van der Waals surface area contributed by atoms with Crippen LogP contribution >= 0.6 is 15.9 Å². The fourth-order valence-corrected chi connectivity index (χ4v) is 2.24. The van der Waals surface area contributed by atoms with Crippen LogP contribution in [-0.4, -0.2) is 43.0 Å². The molecule has 0 unspecified atom stereocenters. The van der Waals surface area contributed by atoms with Gasteiger partial charge in [0, 0.05) is 17.6 Å². The Morgan fingerprint density at radius 3 is 2.52 bits per heavy atom. The second kappa shape index (κ2) is 8.64. The van der Waals surface area contributed by atoms with Crippen LogP contribution in [0.25, 0.3) is 0 Å². The van der Waals surface area contributed by atoms with Gasteiger partial charge in [0.1, 0.15) is 5.82 Å². The lowest BCUT2D eigenvalue weighted by Gasteiger charge is -2.11. The average Bonchev–Trinajstić information content (AvgIpc) is 2.51. The zero-order chi connectivity index (χ0) is 16.7. The van der Waals surface area contributed by atoms with Crippen molar-refractivity contribution in [3.63, 3.8) is 0 Å². The minimum atomic E-state index is -0.0533. The highest BCUT2D eigenvalue weighted by Gasteiger charge is 2.05. The van der Waals surface area contributed by atoms with E-state index in [1.165, 1.54) is 0 Å². The third kappa shape index (κ3) is 6.38. The number of rotatable bonds is 7. The van der Waals surface area contributed by atoms with Crippen LogP contribution in [0.2, 0.25) is 0 Å². The normalized spacial score (nSPS) is 10.6. The molecule has 0 bridgehead atoms. The van der Waals surface area contributed by atoms with E-state index in [1.807, 2.05) is 50.5 Å². The molecule has 23 heavy (non-hydrogen) atoms. The first kappa shape index (κ1) is 17.4. The first-order chi connectivity index (χ1) is 11.0. The first-order valence-corrected chi connectivity index (χ1v) is 8.21. The molecule has 5 nitrogen and oxygen atoms in total. The SMILES string of the molecule is CN(C)CCNc1ccc(NC(=O)Cc2ccc(Br)cc2)cn1. The van der Waals surface area contributed by atoms with Crippen molar-refractivity contribution in [3.8, 4) is 0 Å². The van der Waals surface area contributed by atoms with Gasteiger partial charge in [-0.25, -0.2) is 4.98 Å². The lowest BCUT2D eigenvalue weighted by atomic mass is 10.1. The number of pyridine rings is 1. The van der Waals surface area contributed by atoms with Gasteiger partial charge < -0.3 is 15.5 Å². The highest BCUT2D eigenvalue weighted by molar-refractivity contribution is 9.10. The van der Waals surface area contributed by atoms with Gasteiger partial charge in [-0.3, -0.25) is 4.79 Å². The summed E-state index contributed by atoms with van der Waals surface area (Å²) in [6.45, 7) is 1.77. The molecule has 0 aliphatic heterocycles. The molecule has 1 amide bonds. The van der Waals surface area contributed by atoms with Crippen LogP contribution in [0.3, 0.4) is 0 Å². The highest BCUT2D eigenvalue weighted by Crippen LogP contribution is 2.13. The van der Waals surface area contributed by atoms with Crippen LogP contribution in [-0.2, 0) is 11.2 Å². The van der Waals surface area contributed by atoms with Crippen molar-refractivity contribution >= 4 is 33.3 Å². The molecule has 122 valence electrons. The van der Waals surface area contributed by atoms with E-state index in [2.05, 4.69) is 36.4 Å². The van der Waals surface area contributed by atoms with E-state index in [0.29, 0.717) is 12.1 Å². The largest absolute Gasteiger partial charge is 0.369 e. The summed E-state index contributed by atoms with van der Waals surface area (Å²) in [5, 5.41) is 6.09. The average molecular weight is 377 g/mol. The van der Waals surface area contributed by atoms with Gasteiger partial charge >= 0.3 is 0 Å².